The third-order valence-corrected chi connectivity index (χ3v) is 10.5. The molecule has 0 saturated carbocycles. The van der Waals surface area contributed by atoms with Crippen molar-refractivity contribution in [2.24, 2.45) is 5.73 Å². The molecule has 14 heteroatoms. The van der Waals surface area contributed by atoms with Crippen LogP contribution in [0.1, 0.15) is 33.9 Å². The molecule has 1 fully saturated rings. The number of likely N-dealkylation sites (tertiary alicyclic amines) is 1. The smallest absolute Gasteiger partial charge is 0.274 e. The first kappa shape index (κ1) is 28.0. The van der Waals surface area contributed by atoms with Crippen LogP contribution < -0.4 is 15.8 Å². The number of fused-ring (bicyclic) bond motifs is 1. The van der Waals surface area contributed by atoms with E-state index in [-0.39, 0.29) is 29.3 Å². The van der Waals surface area contributed by atoms with E-state index in [0.29, 0.717) is 11.4 Å². The van der Waals surface area contributed by atoms with Crippen molar-refractivity contribution < 1.29 is 22.8 Å². The van der Waals surface area contributed by atoms with Crippen LogP contribution >= 0.6 is 22.7 Å². The van der Waals surface area contributed by atoms with E-state index >= 15 is 0 Å². The van der Waals surface area contributed by atoms with Gasteiger partial charge in [-0.15, -0.1) is 22.7 Å². The number of nitrogens with one attached hydrogen (secondary N) is 3. The van der Waals surface area contributed by atoms with Crippen LogP contribution in [-0.4, -0.2) is 65.7 Å². The van der Waals surface area contributed by atoms with Gasteiger partial charge in [-0.25, -0.2) is 18.1 Å². The molecular weight excluding hydrogens is 573 g/mol. The number of primary amides is 1. The molecule has 1 aromatic carbocycles. The minimum absolute atomic E-state index is 0.0177. The number of rotatable bonds is 9. The van der Waals surface area contributed by atoms with E-state index in [1.807, 2.05) is 24.3 Å². The summed E-state index contributed by atoms with van der Waals surface area (Å²) in [5.41, 5.74) is 7.58. The van der Waals surface area contributed by atoms with E-state index in [0.717, 1.165) is 27.8 Å². The lowest BCUT2D eigenvalue weighted by atomic mass is 9.96. The second kappa shape index (κ2) is 11.5. The van der Waals surface area contributed by atoms with Gasteiger partial charge in [0, 0.05) is 41.5 Å². The van der Waals surface area contributed by atoms with Crippen LogP contribution in [0.25, 0.3) is 10.9 Å². The Bertz CT molecular complexity index is 1650. The molecule has 11 nitrogen and oxygen atoms in total. The highest BCUT2D eigenvalue weighted by molar-refractivity contribution is 7.91. The van der Waals surface area contributed by atoms with Crippen LogP contribution in [0.15, 0.2) is 57.6 Å². The molecule has 3 aromatic heterocycles. The van der Waals surface area contributed by atoms with Gasteiger partial charge in [-0.1, -0.05) is 24.3 Å². The number of thiazole rings is 1. The molecule has 3 atom stereocenters. The average molecular weight is 601 g/mol. The van der Waals surface area contributed by atoms with Gasteiger partial charge in [-0.05, 0) is 42.8 Å². The number of piperidine rings is 1. The van der Waals surface area contributed by atoms with Crippen molar-refractivity contribution in [3.05, 3.63) is 69.6 Å². The number of amides is 3. The molecule has 3 amide bonds. The number of H-pyrrole nitrogens is 1. The summed E-state index contributed by atoms with van der Waals surface area (Å²) < 4.78 is 28.6. The van der Waals surface area contributed by atoms with Gasteiger partial charge in [0.2, 0.25) is 21.8 Å². The predicted octanol–water partition coefficient (Wildman–Crippen LogP) is 2.16. The monoisotopic (exact) mass is 600 g/mol. The van der Waals surface area contributed by atoms with Crippen LogP contribution in [0.2, 0.25) is 0 Å². The van der Waals surface area contributed by atoms with Crippen molar-refractivity contribution in [1.82, 2.24) is 24.9 Å². The molecule has 3 unspecified atom stereocenters. The maximum atomic E-state index is 13.7. The lowest BCUT2D eigenvalue weighted by molar-refractivity contribution is -0.131. The molecule has 5 N–H and O–H groups in total. The minimum Gasteiger partial charge on any atom is -0.368 e. The molecule has 0 bridgehead atoms. The summed E-state index contributed by atoms with van der Waals surface area (Å²) in [7, 11) is -3.80. The highest BCUT2D eigenvalue weighted by Gasteiger charge is 2.39. The number of nitrogens with two attached hydrogens (primary N) is 1. The molecule has 4 aromatic rings. The first-order chi connectivity index (χ1) is 19.1. The van der Waals surface area contributed by atoms with Crippen molar-refractivity contribution in [3.63, 3.8) is 0 Å². The number of nitrogens with zero attached hydrogens (tertiary/aromatic N) is 2. The molecule has 5 rings (SSSR count). The lowest BCUT2D eigenvalue weighted by Crippen LogP contribution is -2.59. The van der Waals surface area contributed by atoms with E-state index in [2.05, 4.69) is 20.0 Å². The number of aryl methyl sites for hydroxylation is 1. The summed E-state index contributed by atoms with van der Waals surface area (Å²) >= 11 is 2.41. The number of aromatic amines is 1. The standard InChI is InChI=1S/C26H28N6O5S3/c1-15-29-21(14-39-15)26(35)32-9-8-17(31-40(36,37)23-7-4-10-38-23)12-22(32)25(34)30-20(24(27)33)11-16-13-28-19-6-3-2-5-18(16)19/h2-7,10,13-14,17,20,22,28,31H,8-9,11-12H2,1H3,(H2,27,33)(H,30,34). The molecule has 1 aliphatic heterocycles. The number of carbonyl (C=O) groups excluding carboxylic acids is 3. The third kappa shape index (κ3) is 5.94. The first-order valence-electron chi connectivity index (χ1n) is 12.6. The molecule has 4 heterocycles. The SMILES string of the molecule is Cc1nc(C(=O)N2CCC(NS(=O)(=O)c3cccs3)CC2C(=O)NC(Cc2c[nH]c3ccccc23)C(N)=O)cs1. The molecule has 40 heavy (non-hydrogen) atoms. The van der Waals surface area contributed by atoms with Gasteiger partial charge in [0.05, 0.1) is 5.01 Å². The molecule has 0 radical (unpaired) electrons. The van der Waals surface area contributed by atoms with Crippen LogP contribution in [0.3, 0.4) is 0 Å². The normalized spacial score (nSPS) is 18.5. The number of aromatic nitrogens is 2. The summed E-state index contributed by atoms with van der Waals surface area (Å²) in [5, 5.41) is 7.63. The number of para-hydroxylation sites is 1. The summed E-state index contributed by atoms with van der Waals surface area (Å²) in [4.78, 5) is 48.3. The fraction of sp³-hybridized carbons (Fsp3) is 0.308. The van der Waals surface area contributed by atoms with Crippen molar-refractivity contribution in [2.75, 3.05) is 6.54 Å². The van der Waals surface area contributed by atoms with Gasteiger partial charge in [0.1, 0.15) is 22.0 Å². The second-order valence-corrected chi connectivity index (χ2v) is 13.5. The maximum absolute atomic E-state index is 13.7. The van der Waals surface area contributed by atoms with E-state index < -0.39 is 45.9 Å². The van der Waals surface area contributed by atoms with Crippen LogP contribution in [0.5, 0.6) is 0 Å². The van der Waals surface area contributed by atoms with Gasteiger partial charge < -0.3 is 20.9 Å². The largest absolute Gasteiger partial charge is 0.368 e. The molecule has 0 spiro atoms. The Morgan fingerprint density at radius 1 is 1.20 bits per heavy atom. The van der Waals surface area contributed by atoms with Gasteiger partial charge >= 0.3 is 0 Å². The molecule has 1 aliphatic rings. The lowest BCUT2D eigenvalue weighted by Gasteiger charge is -2.38. The fourth-order valence-electron chi connectivity index (χ4n) is 4.88. The zero-order chi connectivity index (χ0) is 28.4. The second-order valence-electron chi connectivity index (χ2n) is 9.57. The van der Waals surface area contributed by atoms with E-state index in [1.54, 1.807) is 29.9 Å². The molecule has 0 aliphatic carbocycles. The number of sulfonamides is 1. The third-order valence-electron chi connectivity index (χ3n) is 6.84. The van der Waals surface area contributed by atoms with Crippen molar-refractivity contribution >= 4 is 61.3 Å². The number of carbonyl (C=O) groups is 3. The van der Waals surface area contributed by atoms with Gasteiger partial charge in [-0.3, -0.25) is 14.4 Å². The zero-order valence-corrected chi connectivity index (χ0v) is 23.9. The highest BCUT2D eigenvalue weighted by Crippen LogP contribution is 2.25. The Morgan fingerprint density at radius 2 is 2.00 bits per heavy atom. The van der Waals surface area contributed by atoms with Crippen LogP contribution in [0, 0.1) is 6.92 Å². The molecular formula is C26H28N6O5S3. The van der Waals surface area contributed by atoms with E-state index in [4.69, 9.17) is 5.73 Å². The quantitative estimate of drug-likeness (QED) is 0.230. The Kier molecular flexibility index (Phi) is 8.03. The van der Waals surface area contributed by atoms with Gasteiger partial charge in [0.15, 0.2) is 0 Å². The average Bonchev–Trinajstić information content (AvgIpc) is 3.69. The van der Waals surface area contributed by atoms with Crippen LogP contribution in [0.4, 0.5) is 0 Å². The maximum Gasteiger partial charge on any atom is 0.274 e. The topological polar surface area (TPSA) is 167 Å². The van der Waals surface area contributed by atoms with Gasteiger partial charge in [0.25, 0.3) is 5.91 Å². The number of benzene rings is 1. The Morgan fingerprint density at radius 3 is 2.70 bits per heavy atom. The summed E-state index contributed by atoms with van der Waals surface area (Å²) in [5.74, 6) is -1.75. The summed E-state index contributed by atoms with van der Waals surface area (Å²) in [6, 6.07) is 8.01. The van der Waals surface area contributed by atoms with Crippen molar-refractivity contribution in [2.45, 2.75) is 48.5 Å². The summed E-state index contributed by atoms with van der Waals surface area (Å²) in [6.07, 6.45) is 2.23. The number of hydrogen-bond acceptors (Lipinski definition) is 8. The number of hydrogen-bond donors (Lipinski definition) is 4. The van der Waals surface area contributed by atoms with Crippen LogP contribution in [-0.2, 0) is 26.0 Å². The first-order valence-corrected chi connectivity index (χ1v) is 15.8. The minimum atomic E-state index is -3.80. The van der Waals surface area contributed by atoms with Gasteiger partial charge in [-0.2, -0.15) is 0 Å². The predicted molar refractivity (Wildman–Crippen MR) is 152 cm³/mol. The van der Waals surface area contributed by atoms with E-state index in [9.17, 15) is 22.8 Å². The molecule has 1 saturated heterocycles. The molecule has 210 valence electrons. The zero-order valence-electron chi connectivity index (χ0n) is 21.5. The highest BCUT2D eigenvalue weighted by atomic mass is 32.2. The van der Waals surface area contributed by atoms with Crippen molar-refractivity contribution in [3.8, 4) is 0 Å². The Balaban J connectivity index is 1.38. The van der Waals surface area contributed by atoms with E-state index in [1.165, 1.54) is 22.3 Å². The number of thiophene rings is 1. The summed E-state index contributed by atoms with van der Waals surface area (Å²) in [6.45, 7) is 1.90. The van der Waals surface area contributed by atoms with Crippen molar-refractivity contribution in [1.29, 1.82) is 0 Å². The Labute approximate surface area is 238 Å². The Hall–Kier alpha value is -3.59. The fourth-order valence-corrected chi connectivity index (χ4v) is 7.76.